The van der Waals surface area contributed by atoms with Gasteiger partial charge in [-0.2, -0.15) is 5.26 Å². The third-order valence-electron chi connectivity index (χ3n) is 4.36. The zero-order chi connectivity index (χ0) is 24.2. The van der Waals surface area contributed by atoms with Crippen molar-refractivity contribution in [3.8, 4) is 23.3 Å². The Labute approximate surface area is 200 Å². The van der Waals surface area contributed by atoms with Gasteiger partial charge in [0.25, 0.3) is 0 Å². The van der Waals surface area contributed by atoms with Crippen LogP contribution in [0.25, 0.3) is 0 Å². The van der Waals surface area contributed by atoms with E-state index in [2.05, 4.69) is 5.32 Å². The number of carbonyl (C=O) groups is 1. The molecule has 3 aromatic rings. The van der Waals surface area contributed by atoms with Crippen LogP contribution in [0.1, 0.15) is 11.1 Å². The monoisotopic (exact) mass is 505 g/mol. The summed E-state index contributed by atoms with van der Waals surface area (Å²) in [5, 5.41) is 17.2. The van der Waals surface area contributed by atoms with Gasteiger partial charge in [-0.05, 0) is 54.1 Å². The third-order valence-corrected chi connectivity index (χ3v) is 5.81. The van der Waals surface area contributed by atoms with Gasteiger partial charge in [0.1, 0.15) is 5.75 Å². The number of ether oxygens (including phenoxy) is 2. The Balaban J connectivity index is 1.74. The van der Waals surface area contributed by atoms with E-state index in [1.165, 1.54) is 31.4 Å². The molecule has 33 heavy (non-hydrogen) atoms. The first-order valence-corrected chi connectivity index (χ1v) is 11.6. The zero-order valence-electron chi connectivity index (χ0n) is 17.1. The molecular weight excluding hydrogens is 489 g/mol. The van der Waals surface area contributed by atoms with Crippen molar-refractivity contribution in [2.45, 2.75) is 11.3 Å². The number of nitriles is 1. The number of amides is 1. The standard InChI is InChI=1S/C22H17Cl2N3O5S/c1-31-21-8-13(2-5-20(21)32-16-7-14(12-25)6-15(23)10-16)9-22(28)27-19-4-3-17(11-18(19)24)33(26,29)30/h2-8,10-11H,9H2,1H3,(H,27,28)(H2,26,29,30). The van der Waals surface area contributed by atoms with Gasteiger partial charge in [-0.1, -0.05) is 29.3 Å². The van der Waals surface area contributed by atoms with Crippen molar-refractivity contribution < 1.29 is 22.7 Å². The number of primary sulfonamides is 1. The summed E-state index contributed by atoms with van der Waals surface area (Å²) < 4.78 is 34.0. The van der Waals surface area contributed by atoms with Crippen LogP contribution in [-0.4, -0.2) is 21.4 Å². The number of carbonyl (C=O) groups excluding carboxylic acids is 1. The van der Waals surface area contributed by atoms with Crippen molar-refractivity contribution in [3.05, 3.63) is 75.8 Å². The van der Waals surface area contributed by atoms with Crippen molar-refractivity contribution in [1.29, 1.82) is 5.26 Å². The Morgan fingerprint density at radius 2 is 1.85 bits per heavy atom. The van der Waals surface area contributed by atoms with Gasteiger partial charge in [0.2, 0.25) is 15.9 Å². The van der Waals surface area contributed by atoms with Crippen LogP contribution in [0.15, 0.2) is 59.5 Å². The van der Waals surface area contributed by atoms with Gasteiger partial charge >= 0.3 is 0 Å². The molecule has 0 saturated carbocycles. The van der Waals surface area contributed by atoms with Gasteiger partial charge < -0.3 is 14.8 Å². The van der Waals surface area contributed by atoms with Gasteiger partial charge in [0, 0.05) is 5.02 Å². The number of anilines is 1. The largest absolute Gasteiger partial charge is 0.493 e. The van der Waals surface area contributed by atoms with E-state index in [0.29, 0.717) is 33.4 Å². The number of benzene rings is 3. The molecule has 0 saturated heterocycles. The first kappa shape index (κ1) is 24.4. The molecule has 0 heterocycles. The second kappa shape index (κ2) is 10.1. The summed E-state index contributed by atoms with van der Waals surface area (Å²) >= 11 is 12.1. The number of nitrogens with two attached hydrogens (primary N) is 1. The molecule has 0 aliphatic heterocycles. The van der Waals surface area contributed by atoms with Crippen molar-refractivity contribution in [1.82, 2.24) is 0 Å². The highest BCUT2D eigenvalue weighted by atomic mass is 35.5. The predicted octanol–water partition coefficient (Wildman–Crippen LogP) is 4.49. The molecule has 0 radical (unpaired) electrons. The molecule has 8 nitrogen and oxygen atoms in total. The van der Waals surface area contributed by atoms with E-state index in [9.17, 15) is 13.2 Å². The normalized spacial score (nSPS) is 10.9. The van der Waals surface area contributed by atoms with Crippen LogP contribution in [0, 0.1) is 11.3 Å². The maximum Gasteiger partial charge on any atom is 0.238 e. The van der Waals surface area contributed by atoms with Crippen molar-refractivity contribution >= 4 is 44.8 Å². The van der Waals surface area contributed by atoms with Gasteiger partial charge in [-0.15, -0.1) is 0 Å². The molecule has 3 rings (SSSR count). The molecular formula is C22H17Cl2N3O5S. The van der Waals surface area contributed by atoms with Crippen LogP contribution in [-0.2, 0) is 21.2 Å². The SMILES string of the molecule is COc1cc(CC(=O)Nc2ccc(S(N)(=O)=O)cc2Cl)ccc1Oc1cc(Cl)cc(C#N)c1. The molecule has 3 aromatic carbocycles. The third kappa shape index (κ3) is 6.37. The minimum absolute atomic E-state index is 0.0142. The quantitative estimate of drug-likeness (QED) is 0.485. The second-order valence-electron chi connectivity index (χ2n) is 6.79. The molecule has 0 atom stereocenters. The maximum atomic E-state index is 12.5. The van der Waals surface area contributed by atoms with Crippen LogP contribution < -0.4 is 19.9 Å². The van der Waals surface area contributed by atoms with Crippen LogP contribution in [0.4, 0.5) is 5.69 Å². The molecule has 0 spiro atoms. The summed E-state index contributed by atoms with van der Waals surface area (Å²) in [6.45, 7) is 0. The minimum Gasteiger partial charge on any atom is -0.493 e. The number of methoxy groups -OCH3 is 1. The molecule has 1 amide bonds. The van der Waals surface area contributed by atoms with E-state index in [-0.39, 0.29) is 27.9 Å². The highest BCUT2D eigenvalue weighted by Gasteiger charge is 2.14. The lowest BCUT2D eigenvalue weighted by atomic mass is 10.1. The van der Waals surface area contributed by atoms with Crippen molar-refractivity contribution in [2.24, 2.45) is 5.14 Å². The molecule has 0 unspecified atom stereocenters. The summed E-state index contributed by atoms with van der Waals surface area (Å²) in [5.41, 5.74) is 1.22. The zero-order valence-corrected chi connectivity index (χ0v) is 19.5. The lowest BCUT2D eigenvalue weighted by Gasteiger charge is -2.13. The Morgan fingerprint density at radius 3 is 2.48 bits per heavy atom. The summed E-state index contributed by atoms with van der Waals surface area (Å²) in [6.07, 6.45) is -0.0142. The first-order chi connectivity index (χ1) is 15.6. The summed E-state index contributed by atoms with van der Waals surface area (Å²) in [4.78, 5) is 12.3. The second-order valence-corrected chi connectivity index (χ2v) is 9.19. The molecule has 0 aliphatic carbocycles. The topological polar surface area (TPSA) is 132 Å². The van der Waals surface area contributed by atoms with Gasteiger partial charge in [0.15, 0.2) is 11.5 Å². The van der Waals surface area contributed by atoms with Gasteiger partial charge in [-0.3, -0.25) is 4.79 Å². The Morgan fingerprint density at radius 1 is 1.09 bits per heavy atom. The number of nitrogens with zero attached hydrogens (tertiary/aromatic N) is 1. The fourth-order valence-electron chi connectivity index (χ4n) is 2.87. The van der Waals surface area contributed by atoms with Gasteiger partial charge in [-0.25, -0.2) is 13.6 Å². The Bertz CT molecular complexity index is 1370. The molecule has 0 aliphatic rings. The lowest BCUT2D eigenvalue weighted by Crippen LogP contribution is -2.16. The number of hydrogen-bond acceptors (Lipinski definition) is 6. The van der Waals surface area contributed by atoms with Crippen LogP contribution in [0.5, 0.6) is 17.2 Å². The van der Waals surface area contributed by atoms with E-state index >= 15 is 0 Å². The number of hydrogen-bond donors (Lipinski definition) is 2. The smallest absolute Gasteiger partial charge is 0.238 e. The molecule has 0 aromatic heterocycles. The van der Waals surface area contributed by atoms with E-state index < -0.39 is 10.0 Å². The predicted molar refractivity (Wildman–Crippen MR) is 124 cm³/mol. The van der Waals surface area contributed by atoms with E-state index in [1.54, 1.807) is 24.3 Å². The fraction of sp³-hybridized carbons (Fsp3) is 0.0909. The molecule has 11 heteroatoms. The number of sulfonamides is 1. The highest BCUT2D eigenvalue weighted by molar-refractivity contribution is 7.89. The Kier molecular flexibility index (Phi) is 7.46. The molecule has 3 N–H and O–H groups in total. The molecule has 170 valence electrons. The molecule has 0 fully saturated rings. The summed E-state index contributed by atoms with van der Waals surface area (Å²) in [5.74, 6) is 0.716. The summed E-state index contributed by atoms with van der Waals surface area (Å²) in [7, 11) is -2.45. The van der Waals surface area contributed by atoms with Gasteiger partial charge in [0.05, 0.1) is 40.8 Å². The number of halogens is 2. The van der Waals surface area contributed by atoms with Crippen molar-refractivity contribution in [2.75, 3.05) is 12.4 Å². The fourth-order valence-corrected chi connectivity index (χ4v) is 3.93. The maximum absolute atomic E-state index is 12.5. The average Bonchev–Trinajstić information content (AvgIpc) is 2.75. The van der Waals surface area contributed by atoms with Crippen molar-refractivity contribution in [3.63, 3.8) is 0 Å². The number of rotatable bonds is 7. The van der Waals surface area contributed by atoms with E-state index in [0.717, 1.165) is 6.07 Å². The minimum atomic E-state index is -3.91. The van der Waals surface area contributed by atoms with E-state index in [4.69, 9.17) is 43.1 Å². The highest BCUT2D eigenvalue weighted by Crippen LogP contribution is 2.34. The van der Waals surface area contributed by atoms with E-state index in [1.807, 2.05) is 6.07 Å². The van der Waals surface area contributed by atoms with Crippen LogP contribution in [0.3, 0.4) is 0 Å². The lowest BCUT2D eigenvalue weighted by molar-refractivity contribution is -0.115. The first-order valence-electron chi connectivity index (χ1n) is 9.26. The summed E-state index contributed by atoms with van der Waals surface area (Å²) in [6, 6.07) is 15.3. The average molecular weight is 506 g/mol. The number of nitrogens with one attached hydrogen (secondary N) is 1. The van der Waals surface area contributed by atoms with Crippen LogP contribution in [0.2, 0.25) is 10.0 Å². The van der Waals surface area contributed by atoms with Crippen LogP contribution >= 0.6 is 23.2 Å². The Hall–Kier alpha value is -3.29. The molecule has 0 bridgehead atoms.